The number of nitrogens with zero attached hydrogens (tertiary/aromatic N) is 1. The maximum absolute atomic E-state index is 13.7. The Morgan fingerprint density at radius 3 is 2.62 bits per heavy atom. The number of ether oxygens (including phenoxy) is 1. The summed E-state index contributed by atoms with van der Waals surface area (Å²) in [6.45, 7) is 1.38. The average Bonchev–Trinajstić information content (AvgIpc) is 2.58. The Morgan fingerprint density at radius 1 is 1.27 bits per heavy atom. The van der Waals surface area contributed by atoms with Crippen LogP contribution in [0.2, 0.25) is 10.0 Å². The molecular weight excluding hydrogens is 382 g/mol. The predicted octanol–water partition coefficient (Wildman–Crippen LogP) is 4.12. The normalized spacial score (nSPS) is 11.3. The lowest BCUT2D eigenvalue weighted by Gasteiger charge is -2.14. The number of rotatable bonds is 5. The highest BCUT2D eigenvalue weighted by atomic mass is 35.5. The molecule has 0 saturated carbocycles. The van der Waals surface area contributed by atoms with Crippen LogP contribution < -0.4 is 5.32 Å². The van der Waals surface area contributed by atoms with Crippen LogP contribution in [-0.2, 0) is 20.7 Å². The van der Waals surface area contributed by atoms with Gasteiger partial charge < -0.3 is 10.1 Å². The molecule has 8 heteroatoms. The molecule has 1 unspecified atom stereocenters. The Morgan fingerprint density at radius 2 is 2.00 bits per heavy atom. The zero-order valence-corrected chi connectivity index (χ0v) is 15.1. The standard InChI is InChI=1S/C18H13Cl2FN2O3/c1-10(18(25)23-12-6-5-11(9-22)15(20)7-12)26-17(24)8-13-14(19)3-2-4-16(13)21/h2-7,10H,8H2,1H3,(H,23,25). The minimum Gasteiger partial charge on any atom is -0.452 e. The van der Waals surface area contributed by atoms with Gasteiger partial charge in [0.2, 0.25) is 0 Å². The molecule has 2 aromatic rings. The van der Waals surface area contributed by atoms with Crippen molar-refractivity contribution in [1.82, 2.24) is 0 Å². The second-order valence-corrected chi connectivity index (χ2v) is 6.12. The molecule has 26 heavy (non-hydrogen) atoms. The molecule has 0 radical (unpaired) electrons. The van der Waals surface area contributed by atoms with Crippen molar-refractivity contribution in [2.75, 3.05) is 5.32 Å². The fourth-order valence-corrected chi connectivity index (χ4v) is 2.52. The zero-order chi connectivity index (χ0) is 19.3. The second-order valence-electron chi connectivity index (χ2n) is 5.30. The molecule has 1 N–H and O–H groups in total. The number of carbonyl (C=O) groups is 2. The maximum atomic E-state index is 13.7. The van der Waals surface area contributed by atoms with E-state index in [1.807, 2.05) is 6.07 Å². The Kier molecular flexibility index (Phi) is 6.56. The molecule has 1 atom stereocenters. The second kappa shape index (κ2) is 8.65. The first-order chi connectivity index (χ1) is 12.3. The summed E-state index contributed by atoms with van der Waals surface area (Å²) >= 11 is 11.7. The van der Waals surface area contributed by atoms with Gasteiger partial charge in [0.1, 0.15) is 11.9 Å². The minimum atomic E-state index is -1.12. The minimum absolute atomic E-state index is 0.00523. The number of nitriles is 1. The number of nitrogens with one attached hydrogen (secondary N) is 1. The van der Waals surface area contributed by atoms with Crippen molar-refractivity contribution in [3.8, 4) is 6.07 Å². The summed E-state index contributed by atoms with van der Waals surface area (Å²) in [5.41, 5.74) is 0.621. The van der Waals surface area contributed by atoms with Crippen LogP contribution in [0.25, 0.3) is 0 Å². The smallest absolute Gasteiger partial charge is 0.311 e. The van der Waals surface area contributed by atoms with Crippen LogP contribution in [0.4, 0.5) is 10.1 Å². The maximum Gasteiger partial charge on any atom is 0.311 e. The van der Waals surface area contributed by atoms with Crippen molar-refractivity contribution >= 4 is 40.8 Å². The number of esters is 1. The van der Waals surface area contributed by atoms with E-state index in [0.717, 1.165) is 0 Å². The van der Waals surface area contributed by atoms with E-state index in [1.54, 1.807) is 0 Å². The number of benzene rings is 2. The largest absolute Gasteiger partial charge is 0.452 e. The highest BCUT2D eigenvalue weighted by molar-refractivity contribution is 6.32. The van der Waals surface area contributed by atoms with Crippen molar-refractivity contribution in [2.24, 2.45) is 0 Å². The van der Waals surface area contributed by atoms with E-state index in [4.69, 9.17) is 33.2 Å². The lowest BCUT2D eigenvalue weighted by molar-refractivity contribution is -0.152. The highest BCUT2D eigenvalue weighted by Crippen LogP contribution is 2.21. The summed E-state index contributed by atoms with van der Waals surface area (Å²) in [4.78, 5) is 24.0. The average molecular weight is 395 g/mol. The summed E-state index contributed by atoms with van der Waals surface area (Å²) in [5.74, 6) is -2.02. The lowest BCUT2D eigenvalue weighted by Crippen LogP contribution is -2.30. The fraction of sp³-hybridized carbons (Fsp3) is 0.167. The first kappa shape index (κ1) is 19.7. The Labute approximate surface area is 159 Å². The number of anilines is 1. The van der Waals surface area contributed by atoms with Gasteiger partial charge in [0.05, 0.1) is 17.0 Å². The first-order valence-electron chi connectivity index (χ1n) is 7.44. The van der Waals surface area contributed by atoms with E-state index in [9.17, 15) is 14.0 Å². The van der Waals surface area contributed by atoms with Crippen molar-refractivity contribution in [2.45, 2.75) is 19.4 Å². The summed E-state index contributed by atoms with van der Waals surface area (Å²) in [7, 11) is 0. The van der Waals surface area contributed by atoms with E-state index < -0.39 is 30.2 Å². The van der Waals surface area contributed by atoms with Crippen LogP contribution in [0.15, 0.2) is 36.4 Å². The van der Waals surface area contributed by atoms with Crippen molar-refractivity contribution in [3.05, 3.63) is 63.4 Å². The molecule has 0 aliphatic heterocycles. The van der Waals surface area contributed by atoms with E-state index in [1.165, 1.54) is 43.3 Å². The van der Waals surface area contributed by atoms with Crippen molar-refractivity contribution in [1.29, 1.82) is 5.26 Å². The number of hydrogen-bond acceptors (Lipinski definition) is 4. The Bertz CT molecular complexity index is 876. The van der Waals surface area contributed by atoms with Gasteiger partial charge in [-0.25, -0.2) is 4.39 Å². The van der Waals surface area contributed by atoms with Crippen LogP contribution >= 0.6 is 23.2 Å². The summed E-state index contributed by atoms with van der Waals surface area (Å²) in [6.07, 6.45) is -1.52. The van der Waals surface area contributed by atoms with E-state index in [2.05, 4.69) is 5.32 Å². The summed E-state index contributed by atoms with van der Waals surface area (Å²) < 4.78 is 18.7. The van der Waals surface area contributed by atoms with Gasteiger partial charge in [-0.3, -0.25) is 9.59 Å². The number of halogens is 3. The number of hydrogen-bond donors (Lipinski definition) is 1. The van der Waals surface area contributed by atoms with Crippen LogP contribution in [0.3, 0.4) is 0 Å². The van der Waals surface area contributed by atoms with Crippen molar-refractivity contribution in [3.63, 3.8) is 0 Å². The predicted molar refractivity (Wildman–Crippen MR) is 95.5 cm³/mol. The molecule has 2 aromatic carbocycles. The molecule has 0 fully saturated rings. The fourth-order valence-electron chi connectivity index (χ4n) is 2.07. The van der Waals surface area contributed by atoms with Crippen LogP contribution in [0, 0.1) is 17.1 Å². The van der Waals surface area contributed by atoms with Gasteiger partial charge in [-0.1, -0.05) is 29.3 Å². The molecule has 0 aliphatic carbocycles. The lowest BCUT2D eigenvalue weighted by atomic mass is 10.1. The molecule has 1 amide bonds. The quantitative estimate of drug-likeness (QED) is 0.773. The van der Waals surface area contributed by atoms with Gasteiger partial charge in [-0.2, -0.15) is 5.26 Å². The number of carbonyl (C=O) groups excluding carboxylic acids is 2. The van der Waals surface area contributed by atoms with E-state index >= 15 is 0 Å². The monoisotopic (exact) mass is 394 g/mol. The SMILES string of the molecule is CC(OC(=O)Cc1c(F)cccc1Cl)C(=O)Nc1ccc(C#N)c(Cl)c1. The molecular formula is C18H13Cl2FN2O3. The van der Waals surface area contributed by atoms with Gasteiger partial charge in [0.25, 0.3) is 5.91 Å². The molecule has 0 bridgehead atoms. The highest BCUT2D eigenvalue weighted by Gasteiger charge is 2.20. The first-order valence-corrected chi connectivity index (χ1v) is 8.20. The Hall–Kier alpha value is -2.62. The van der Waals surface area contributed by atoms with Gasteiger partial charge >= 0.3 is 5.97 Å². The Balaban J connectivity index is 1.97. The van der Waals surface area contributed by atoms with Crippen LogP contribution in [0.5, 0.6) is 0 Å². The zero-order valence-electron chi connectivity index (χ0n) is 13.6. The van der Waals surface area contributed by atoms with E-state index in [0.29, 0.717) is 5.69 Å². The van der Waals surface area contributed by atoms with Gasteiger partial charge in [-0.05, 0) is 37.3 Å². The van der Waals surface area contributed by atoms with Crippen molar-refractivity contribution < 1.29 is 18.7 Å². The summed E-state index contributed by atoms with van der Waals surface area (Å²) in [5, 5.41) is 11.6. The molecule has 2 rings (SSSR count). The van der Waals surface area contributed by atoms with E-state index in [-0.39, 0.29) is 21.2 Å². The van der Waals surface area contributed by atoms with Crippen LogP contribution in [-0.4, -0.2) is 18.0 Å². The van der Waals surface area contributed by atoms with Gasteiger partial charge in [-0.15, -0.1) is 0 Å². The third kappa shape index (κ3) is 4.94. The third-order valence-corrected chi connectivity index (χ3v) is 4.08. The van der Waals surface area contributed by atoms with Gasteiger partial charge in [0, 0.05) is 16.3 Å². The number of amides is 1. The molecule has 0 saturated heterocycles. The molecule has 5 nitrogen and oxygen atoms in total. The molecule has 134 valence electrons. The molecule has 0 aromatic heterocycles. The topological polar surface area (TPSA) is 79.2 Å². The molecule has 0 aliphatic rings. The van der Waals surface area contributed by atoms with Crippen LogP contribution in [0.1, 0.15) is 18.1 Å². The molecule has 0 heterocycles. The molecule has 0 spiro atoms. The van der Waals surface area contributed by atoms with Gasteiger partial charge in [0.15, 0.2) is 6.10 Å². The third-order valence-electron chi connectivity index (χ3n) is 3.42. The summed E-state index contributed by atoms with van der Waals surface area (Å²) in [6, 6.07) is 10.3.